The number of esters is 1. The molecule has 0 saturated carbocycles. The summed E-state index contributed by atoms with van der Waals surface area (Å²) in [6, 6.07) is 10.2. The van der Waals surface area contributed by atoms with Gasteiger partial charge in [-0.3, -0.25) is 0 Å². The minimum Gasteiger partial charge on any atom is -0.464 e. The van der Waals surface area contributed by atoms with Gasteiger partial charge in [0.05, 0.1) is 18.1 Å². The van der Waals surface area contributed by atoms with Crippen LogP contribution in [-0.4, -0.2) is 49.4 Å². The molecule has 7 nitrogen and oxygen atoms in total. The number of sulfonamides is 1. The summed E-state index contributed by atoms with van der Waals surface area (Å²) in [5.74, 6) is -0.841. The molecule has 2 aromatic rings. The van der Waals surface area contributed by atoms with Gasteiger partial charge in [0, 0.05) is 10.7 Å². The average molecular weight is 458 g/mol. The number of amides is 1. The van der Waals surface area contributed by atoms with Crippen LogP contribution in [0.4, 0.5) is 4.79 Å². The van der Waals surface area contributed by atoms with Crippen molar-refractivity contribution in [3.63, 3.8) is 0 Å². The Morgan fingerprint density at radius 3 is 2.30 bits per heavy atom. The van der Waals surface area contributed by atoms with Crippen LogP contribution in [0, 0.1) is 0 Å². The van der Waals surface area contributed by atoms with Gasteiger partial charge >= 0.3 is 12.1 Å². The highest BCUT2D eigenvalue weighted by molar-refractivity contribution is 9.09. The predicted molar refractivity (Wildman–Crippen MR) is 104 cm³/mol. The molecule has 0 aliphatic heterocycles. The first-order chi connectivity index (χ1) is 12.9. The van der Waals surface area contributed by atoms with E-state index < -0.39 is 28.1 Å². The van der Waals surface area contributed by atoms with Crippen molar-refractivity contribution in [2.45, 2.75) is 24.8 Å². The van der Waals surface area contributed by atoms with Gasteiger partial charge in [-0.05, 0) is 25.3 Å². The molecule has 0 spiro atoms. The summed E-state index contributed by atoms with van der Waals surface area (Å²) in [6.07, 6.45) is -1.14. The fraction of sp³-hybridized carbons (Fsp3) is 0.333. The highest BCUT2D eigenvalue weighted by atomic mass is 79.9. The van der Waals surface area contributed by atoms with E-state index in [1.807, 2.05) is 0 Å². The van der Waals surface area contributed by atoms with Crippen molar-refractivity contribution in [2.24, 2.45) is 0 Å². The number of rotatable bonds is 7. The first-order valence-corrected chi connectivity index (χ1v) is 10.9. The third kappa shape index (κ3) is 4.41. The molecule has 0 radical (unpaired) electrons. The average Bonchev–Trinajstić information content (AvgIpc) is 2.65. The van der Waals surface area contributed by atoms with E-state index in [1.54, 1.807) is 50.2 Å². The van der Waals surface area contributed by atoms with Crippen LogP contribution in [0.1, 0.15) is 13.8 Å². The van der Waals surface area contributed by atoms with Gasteiger partial charge in [0.1, 0.15) is 0 Å². The summed E-state index contributed by atoms with van der Waals surface area (Å²) in [5.41, 5.74) is 0. The number of alkyl halides is 1. The zero-order chi connectivity index (χ0) is 20.0. The second-order valence-electron chi connectivity index (χ2n) is 5.40. The molecule has 0 saturated heterocycles. The lowest BCUT2D eigenvalue weighted by molar-refractivity contribution is -0.146. The molecule has 0 aromatic heterocycles. The van der Waals surface area contributed by atoms with E-state index in [4.69, 9.17) is 9.47 Å². The highest BCUT2D eigenvalue weighted by Crippen LogP contribution is 2.28. The second kappa shape index (κ2) is 9.18. The highest BCUT2D eigenvalue weighted by Gasteiger charge is 2.41. The van der Waals surface area contributed by atoms with E-state index in [1.165, 1.54) is 6.07 Å². The minimum absolute atomic E-state index is 0.0434. The standard InChI is InChI=1S/C18H20BrNO6S/c1-3-25-17(21)15(12-19)20(18(22)26-4-2)27(23,24)16-11-7-9-13-8-5-6-10-14(13)16/h5-11,15H,3-4,12H2,1-2H3. The van der Waals surface area contributed by atoms with Crippen LogP contribution >= 0.6 is 15.9 Å². The number of fused-ring (bicyclic) bond motifs is 1. The molecule has 2 rings (SSSR count). The molecule has 0 fully saturated rings. The first-order valence-electron chi connectivity index (χ1n) is 8.30. The predicted octanol–water partition coefficient (Wildman–Crippen LogP) is 3.31. The van der Waals surface area contributed by atoms with Crippen LogP contribution in [0.15, 0.2) is 47.4 Å². The zero-order valence-corrected chi connectivity index (χ0v) is 17.3. The largest absolute Gasteiger partial charge is 0.464 e. The Hall–Kier alpha value is -2.13. The maximum Gasteiger partial charge on any atom is 0.424 e. The molecular formula is C18H20BrNO6S. The van der Waals surface area contributed by atoms with E-state index in [-0.39, 0.29) is 23.4 Å². The Kier molecular flexibility index (Phi) is 7.20. The van der Waals surface area contributed by atoms with Crippen molar-refractivity contribution in [3.05, 3.63) is 42.5 Å². The van der Waals surface area contributed by atoms with Crippen molar-refractivity contribution in [1.82, 2.24) is 4.31 Å². The molecule has 9 heteroatoms. The molecule has 0 aliphatic carbocycles. The van der Waals surface area contributed by atoms with E-state index in [9.17, 15) is 18.0 Å². The number of nitrogens with zero attached hydrogens (tertiary/aromatic N) is 1. The van der Waals surface area contributed by atoms with Crippen molar-refractivity contribution in [1.29, 1.82) is 0 Å². The number of halogens is 1. The quantitative estimate of drug-likeness (QED) is 0.467. The number of carbonyl (C=O) groups is 2. The zero-order valence-electron chi connectivity index (χ0n) is 14.9. The van der Waals surface area contributed by atoms with E-state index in [2.05, 4.69) is 15.9 Å². The van der Waals surface area contributed by atoms with Crippen LogP contribution < -0.4 is 0 Å². The van der Waals surface area contributed by atoms with Crippen molar-refractivity contribution in [2.75, 3.05) is 18.5 Å². The number of hydrogen-bond donors (Lipinski definition) is 0. The summed E-state index contributed by atoms with van der Waals surface area (Å²) in [7, 11) is -4.40. The summed E-state index contributed by atoms with van der Waals surface area (Å²) < 4.78 is 37.0. The number of ether oxygens (including phenoxy) is 2. The normalized spacial score (nSPS) is 12.4. The van der Waals surface area contributed by atoms with Gasteiger partial charge in [0.15, 0.2) is 6.04 Å². The number of benzene rings is 2. The first kappa shape index (κ1) is 21.2. The van der Waals surface area contributed by atoms with Crippen LogP contribution in [0.3, 0.4) is 0 Å². The number of carbonyl (C=O) groups excluding carboxylic acids is 2. The van der Waals surface area contributed by atoms with Crippen LogP contribution in [0.25, 0.3) is 10.8 Å². The SMILES string of the molecule is CCOC(=O)C(CBr)N(C(=O)OCC)S(=O)(=O)c1cccc2ccccc12. The van der Waals surface area contributed by atoms with Gasteiger partial charge in [-0.25, -0.2) is 18.0 Å². The molecule has 0 aliphatic rings. The minimum atomic E-state index is -4.40. The molecule has 0 heterocycles. The van der Waals surface area contributed by atoms with E-state index >= 15 is 0 Å². The second-order valence-corrected chi connectivity index (χ2v) is 7.83. The smallest absolute Gasteiger partial charge is 0.424 e. The Morgan fingerprint density at radius 2 is 1.67 bits per heavy atom. The molecule has 1 unspecified atom stereocenters. The molecule has 2 aromatic carbocycles. The third-order valence-corrected chi connectivity index (χ3v) is 6.17. The fourth-order valence-electron chi connectivity index (χ4n) is 2.57. The molecular weight excluding hydrogens is 438 g/mol. The lowest BCUT2D eigenvalue weighted by Crippen LogP contribution is -2.50. The molecule has 1 amide bonds. The van der Waals surface area contributed by atoms with E-state index in [0.717, 1.165) is 0 Å². The van der Waals surface area contributed by atoms with Gasteiger partial charge in [0.25, 0.3) is 10.0 Å². The van der Waals surface area contributed by atoms with Crippen molar-refractivity contribution < 1.29 is 27.5 Å². The Labute approximate surface area is 166 Å². The maximum absolute atomic E-state index is 13.4. The van der Waals surface area contributed by atoms with Crippen LogP contribution in [-0.2, 0) is 24.3 Å². The molecule has 27 heavy (non-hydrogen) atoms. The molecule has 1 atom stereocenters. The van der Waals surface area contributed by atoms with Gasteiger partial charge < -0.3 is 9.47 Å². The van der Waals surface area contributed by atoms with Gasteiger partial charge in [-0.2, -0.15) is 4.31 Å². The summed E-state index contributed by atoms with van der Waals surface area (Å²) >= 11 is 3.11. The monoisotopic (exact) mass is 457 g/mol. The summed E-state index contributed by atoms with van der Waals surface area (Å²) in [6.45, 7) is 3.15. The van der Waals surface area contributed by atoms with E-state index in [0.29, 0.717) is 15.1 Å². The maximum atomic E-state index is 13.4. The van der Waals surface area contributed by atoms with Crippen molar-refractivity contribution in [3.8, 4) is 0 Å². The topological polar surface area (TPSA) is 90.0 Å². The van der Waals surface area contributed by atoms with Crippen LogP contribution in [0.5, 0.6) is 0 Å². The lowest BCUT2D eigenvalue weighted by Gasteiger charge is -2.27. The molecule has 0 N–H and O–H groups in total. The summed E-state index contributed by atoms with van der Waals surface area (Å²) in [5, 5.41) is 0.995. The van der Waals surface area contributed by atoms with Crippen LogP contribution in [0.2, 0.25) is 0 Å². The Balaban J connectivity index is 2.65. The molecule has 146 valence electrons. The number of hydrogen-bond acceptors (Lipinski definition) is 6. The van der Waals surface area contributed by atoms with Gasteiger partial charge in [-0.1, -0.05) is 52.3 Å². The Bertz CT molecular complexity index is 925. The molecule has 0 bridgehead atoms. The lowest BCUT2D eigenvalue weighted by atomic mass is 10.1. The Morgan fingerprint density at radius 1 is 1.04 bits per heavy atom. The third-order valence-electron chi connectivity index (χ3n) is 3.72. The van der Waals surface area contributed by atoms with Crippen molar-refractivity contribution >= 4 is 48.8 Å². The van der Waals surface area contributed by atoms with Gasteiger partial charge in [0.2, 0.25) is 0 Å². The van der Waals surface area contributed by atoms with Gasteiger partial charge in [-0.15, -0.1) is 0 Å². The fourth-order valence-corrected chi connectivity index (χ4v) is 4.98. The summed E-state index contributed by atoms with van der Waals surface area (Å²) in [4.78, 5) is 24.7.